The summed E-state index contributed by atoms with van der Waals surface area (Å²) in [7, 11) is 0. The molecule has 2 unspecified atom stereocenters. The molecule has 21 heavy (non-hydrogen) atoms. The van der Waals surface area contributed by atoms with Crippen LogP contribution < -0.4 is 11.1 Å². The number of nitrogens with two attached hydrogens (primary N) is 1. The van der Waals surface area contributed by atoms with Crippen LogP contribution in [0.1, 0.15) is 35.2 Å². The lowest BCUT2D eigenvalue weighted by Gasteiger charge is -2.18. The Kier molecular flexibility index (Phi) is 3.70. The van der Waals surface area contributed by atoms with Crippen LogP contribution in [0.3, 0.4) is 0 Å². The van der Waals surface area contributed by atoms with Gasteiger partial charge < -0.3 is 11.1 Å². The first-order valence-corrected chi connectivity index (χ1v) is 7.19. The van der Waals surface area contributed by atoms with Crippen molar-refractivity contribution in [3.63, 3.8) is 0 Å². The van der Waals surface area contributed by atoms with Crippen molar-refractivity contribution < 1.29 is 4.79 Å². The lowest BCUT2D eigenvalue weighted by atomic mass is 10.1. The molecule has 0 aliphatic heterocycles. The predicted molar refractivity (Wildman–Crippen MR) is 79.2 cm³/mol. The van der Waals surface area contributed by atoms with E-state index >= 15 is 0 Å². The minimum absolute atomic E-state index is 0.0463. The Bertz CT molecular complexity index is 638. The van der Waals surface area contributed by atoms with E-state index in [0.717, 1.165) is 24.8 Å². The molecule has 1 aliphatic carbocycles. The number of hydrogen-bond donors (Lipinski definition) is 2. The Morgan fingerprint density at radius 3 is 2.76 bits per heavy atom. The minimum atomic E-state index is -0.117. The first-order valence-electron chi connectivity index (χ1n) is 7.19. The molecule has 1 aliphatic rings. The molecule has 0 bridgehead atoms. The molecular formula is C15H19N5O. The largest absolute Gasteiger partial charge is 0.348 e. The molecule has 0 radical (unpaired) electrons. The van der Waals surface area contributed by atoms with Crippen molar-refractivity contribution in [2.75, 3.05) is 0 Å². The highest BCUT2D eigenvalue weighted by Crippen LogP contribution is 2.19. The molecule has 1 saturated carbocycles. The van der Waals surface area contributed by atoms with Crippen molar-refractivity contribution >= 4 is 5.91 Å². The van der Waals surface area contributed by atoms with Gasteiger partial charge in [0.1, 0.15) is 0 Å². The van der Waals surface area contributed by atoms with Gasteiger partial charge in [-0.15, -0.1) is 0 Å². The number of aromatic nitrogens is 3. The summed E-state index contributed by atoms with van der Waals surface area (Å²) in [6, 6.07) is 5.76. The number of carbonyl (C=O) groups is 1. The van der Waals surface area contributed by atoms with Crippen LogP contribution in [-0.2, 0) is 0 Å². The van der Waals surface area contributed by atoms with Gasteiger partial charge in [-0.05, 0) is 38.3 Å². The van der Waals surface area contributed by atoms with Crippen LogP contribution in [0.2, 0.25) is 0 Å². The van der Waals surface area contributed by atoms with Gasteiger partial charge in [0.2, 0.25) is 0 Å². The van der Waals surface area contributed by atoms with Crippen molar-refractivity contribution in [2.24, 2.45) is 5.73 Å². The van der Waals surface area contributed by atoms with Crippen molar-refractivity contribution in [1.82, 2.24) is 20.3 Å². The third-order valence-electron chi connectivity index (χ3n) is 3.92. The van der Waals surface area contributed by atoms with Gasteiger partial charge in [0.25, 0.3) is 5.91 Å². The molecule has 6 heteroatoms. The zero-order valence-electron chi connectivity index (χ0n) is 12.0. The van der Waals surface area contributed by atoms with E-state index in [9.17, 15) is 4.79 Å². The molecule has 3 N–H and O–H groups in total. The molecule has 1 heterocycles. The van der Waals surface area contributed by atoms with E-state index in [2.05, 4.69) is 15.5 Å². The molecule has 2 atom stereocenters. The van der Waals surface area contributed by atoms with Crippen LogP contribution in [0, 0.1) is 6.92 Å². The summed E-state index contributed by atoms with van der Waals surface area (Å²) in [6.07, 6.45) is 6.15. The van der Waals surface area contributed by atoms with E-state index in [0.29, 0.717) is 11.3 Å². The lowest BCUT2D eigenvalue weighted by molar-refractivity contribution is 0.0934. The van der Waals surface area contributed by atoms with Gasteiger partial charge in [0.15, 0.2) is 0 Å². The van der Waals surface area contributed by atoms with E-state index in [-0.39, 0.29) is 18.0 Å². The fourth-order valence-electron chi connectivity index (χ4n) is 2.76. The van der Waals surface area contributed by atoms with Crippen LogP contribution in [0.5, 0.6) is 0 Å². The smallest absolute Gasteiger partial charge is 0.253 e. The Labute approximate surface area is 123 Å². The average Bonchev–Trinajstić information content (AvgIpc) is 3.11. The molecular weight excluding hydrogens is 266 g/mol. The van der Waals surface area contributed by atoms with Crippen LogP contribution in [0.4, 0.5) is 0 Å². The predicted octanol–water partition coefficient (Wildman–Crippen LogP) is 1.19. The SMILES string of the molecule is Cc1ccc(-n2nccn2)c(C(=O)NC2CCCC2N)c1. The summed E-state index contributed by atoms with van der Waals surface area (Å²) in [6.45, 7) is 1.96. The monoisotopic (exact) mass is 285 g/mol. The second-order valence-corrected chi connectivity index (χ2v) is 5.51. The maximum absolute atomic E-state index is 12.6. The van der Waals surface area contributed by atoms with Crippen molar-refractivity contribution in [2.45, 2.75) is 38.3 Å². The fourth-order valence-corrected chi connectivity index (χ4v) is 2.76. The summed E-state index contributed by atoms with van der Waals surface area (Å²) in [5.41, 5.74) is 8.29. The Morgan fingerprint density at radius 1 is 1.33 bits per heavy atom. The van der Waals surface area contributed by atoms with E-state index in [1.54, 1.807) is 12.4 Å². The first kappa shape index (κ1) is 13.8. The number of nitrogens with one attached hydrogen (secondary N) is 1. The third-order valence-corrected chi connectivity index (χ3v) is 3.92. The van der Waals surface area contributed by atoms with Gasteiger partial charge in [-0.25, -0.2) is 0 Å². The lowest BCUT2D eigenvalue weighted by Crippen LogP contribution is -2.44. The Morgan fingerprint density at radius 2 is 2.10 bits per heavy atom. The number of carbonyl (C=O) groups excluding carboxylic acids is 1. The van der Waals surface area contributed by atoms with E-state index in [4.69, 9.17) is 5.73 Å². The standard InChI is InChI=1S/C15H19N5O/c1-10-5-6-14(20-17-7-8-18-20)11(9-10)15(21)19-13-4-2-3-12(13)16/h5-9,12-13H,2-4,16H2,1H3,(H,19,21). The summed E-state index contributed by atoms with van der Waals surface area (Å²) in [5.74, 6) is -0.117. The molecule has 1 aromatic carbocycles. The summed E-state index contributed by atoms with van der Waals surface area (Å²) >= 11 is 0. The number of benzene rings is 1. The Hall–Kier alpha value is -2.21. The van der Waals surface area contributed by atoms with Crippen molar-refractivity contribution in [3.05, 3.63) is 41.7 Å². The van der Waals surface area contributed by atoms with Crippen LogP contribution >= 0.6 is 0 Å². The molecule has 0 spiro atoms. The van der Waals surface area contributed by atoms with E-state index in [1.165, 1.54) is 4.80 Å². The van der Waals surface area contributed by atoms with Gasteiger partial charge in [0, 0.05) is 12.1 Å². The van der Waals surface area contributed by atoms with Gasteiger partial charge in [0.05, 0.1) is 23.6 Å². The van der Waals surface area contributed by atoms with Crippen LogP contribution in [-0.4, -0.2) is 33.0 Å². The van der Waals surface area contributed by atoms with E-state index in [1.807, 2.05) is 25.1 Å². The highest BCUT2D eigenvalue weighted by Gasteiger charge is 2.26. The second-order valence-electron chi connectivity index (χ2n) is 5.51. The zero-order chi connectivity index (χ0) is 14.8. The topological polar surface area (TPSA) is 85.8 Å². The number of amides is 1. The van der Waals surface area contributed by atoms with Crippen molar-refractivity contribution in [3.8, 4) is 5.69 Å². The molecule has 1 aromatic heterocycles. The number of rotatable bonds is 3. The summed E-state index contributed by atoms with van der Waals surface area (Å²) in [5, 5.41) is 11.3. The molecule has 110 valence electrons. The average molecular weight is 285 g/mol. The number of aryl methyl sites for hydroxylation is 1. The fraction of sp³-hybridized carbons (Fsp3) is 0.400. The molecule has 6 nitrogen and oxygen atoms in total. The molecule has 2 aromatic rings. The summed E-state index contributed by atoms with van der Waals surface area (Å²) < 4.78 is 0. The second kappa shape index (κ2) is 5.65. The highest BCUT2D eigenvalue weighted by molar-refractivity contribution is 5.98. The number of nitrogens with zero attached hydrogens (tertiary/aromatic N) is 3. The summed E-state index contributed by atoms with van der Waals surface area (Å²) in [4.78, 5) is 14.0. The molecule has 1 amide bonds. The Balaban J connectivity index is 1.90. The van der Waals surface area contributed by atoms with Gasteiger partial charge in [-0.2, -0.15) is 15.0 Å². The van der Waals surface area contributed by atoms with Crippen molar-refractivity contribution in [1.29, 1.82) is 0 Å². The zero-order valence-corrected chi connectivity index (χ0v) is 12.0. The van der Waals surface area contributed by atoms with Gasteiger partial charge in [-0.1, -0.05) is 11.6 Å². The molecule has 3 rings (SSSR count). The first-order chi connectivity index (χ1) is 10.1. The highest BCUT2D eigenvalue weighted by atomic mass is 16.1. The van der Waals surface area contributed by atoms with Gasteiger partial charge in [-0.3, -0.25) is 4.79 Å². The normalized spacial score (nSPS) is 21.4. The minimum Gasteiger partial charge on any atom is -0.348 e. The van der Waals surface area contributed by atoms with Crippen LogP contribution in [0.15, 0.2) is 30.6 Å². The molecule has 0 saturated heterocycles. The number of hydrogen-bond acceptors (Lipinski definition) is 4. The van der Waals surface area contributed by atoms with E-state index < -0.39 is 0 Å². The maximum Gasteiger partial charge on any atom is 0.253 e. The maximum atomic E-state index is 12.6. The van der Waals surface area contributed by atoms with Gasteiger partial charge >= 0.3 is 0 Å². The van der Waals surface area contributed by atoms with Crippen LogP contribution in [0.25, 0.3) is 5.69 Å². The third kappa shape index (κ3) is 2.80. The molecule has 1 fully saturated rings. The quantitative estimate of drug-likeness (QED) is 0.887.